The second-order valence-electron chi connectivity index (χ2n) is 8.04. The molecule has 0 radical (unpaired) electrons. The van der Waals surface area contributed by atoms with E-state index in [-0.39, 0.29) is 12.4 Å². The molecule has 1 unspecified atom stereocenters. The minimum Gasteiger partial charge on any atom is -0.369 e. The van der Waals surface area contributed by atoms with Gasteiger partial charge in [0.2, 0.25) is 0 Å². The molecule has 152 valence electrons. The maximum atomic E-state index is 4.23. The lowest BCUT2D eigenvalue weighted by atomic mass is 9.98. The van der Waals surface area contributed by atoms with Crippen LogP contribution in [0.5, 0.6) is 0 Å². The summed E-state index contributed by atoms with van der Waals surface area (Å²) in [6.45, 7) is 11.6. The molecule has 2 aliphatic rings. The number of aryl methyl sites for hydroxylation is 1. The second-order valence-corrected chi connectivity index (χ2v) is 8.04. The number of nitrogens with zero attached hydrogens (tertiary/aromatic N) is 4. The Hall–Kier alpha value is -1.62. The van der Waals surface area contributed by atoms with E-state index < -0.39 is 0 Å². The Morgan fingerprint density at radius 3 is 2.25 bits per heavy atom. The number of anilines is 1. The van der Waals surface area contributed by atoms with E-state index in [2.05, 4.69) is 69.9 Å². The van der Waals surface area contributed by atoms with E-state index in [9.17, 15) is 0 Å². The van der Waals surface area contributed by atoms with Crippen molar-refractivity contribution in [3.63, 3.8) is 0 Å². The molecule has 1 atom stereocenters. The van der Waals surface area contributed by atoms with Crippen LogP contribution in [0, 0.1) is 6.92 Å². The SMILES string of the molecule is Cc1cnccc1N1CCN(C2CCN(C(C)c3ccccc3)CC2)CC1.Cl. The van der Waals surface area contributed by atoms with E-state index >= 15 is 0 Å². The van der Waals surface area contributed by atoms with Gasteiger partial charge in [-0.25, -0.2) is 0 Å². The zero-order valence-electron chi connectivity index (χ0n) is 17.1. The summed E-state index contributed by atoms with van der Waals surface area (Å²) in [6, 6.07) is 14.4. The molecule has 2 aromatic rings. The normalized spacial score (nSPS) is 20.6. The number of benzene rings is 1. The third-order valence-electron chi connectivity index (χ3n) is 6.49. The highest BCUT2D eigenvalue weighted by molar-refractivity contribution is 5.85. The number of aromatic nitrogens is 1. The summed E-state index contributed by atoms with van der Waals surface area (Å²) in [5.74, 6) is 0. The van der Waals surface area contributed by atoms with Crippen molar-refractivity contribution in [1.82, 2.24) is 14.8 Å². The number of hydrogen-bond acceptors (Lipinski definition) is 4. The molecule has 28 heavy (non-hydrogen) atoms. The molecule has 0 saturated carbocycles. The monoisotopic (exact) mass is 400 g/mol. The summed E-state index contributed by atoms with van der Waals surface area (Å²) >= 11 is 0. The van der Waals surface area contributed by atoms with E-state index in [1.54, 1.807) is 0 Å². The minimum absolute atomic E-state index is 0. The van der Waals surface area contributed by atoms with Crippen LogP contribution in [0.2, 0.25) is 0 Å². The van der Waals surface area contributed by atoms with Crippen LogP contribution in [-0.4, -0.2) is 60.1 Å². The summed E-state index contributed by atoms with van der Waals surface area (Å²) in [5, 5.41) is 0. The molecule has 0 amide bonds. The average molecular weight is 401 g/mol. The van der Waals surface area contributed by atoms with E-state index in [0.717, 1.165) is 19.1 Å². The van der Waals surface area contributed by atoms with E-state index in [4.69, 9.17) is 0 Å². The van der Waals surface area contributed by atoms with Crippen LogP contribution in [-0.2, 0) is 0 Å². The maximum absolute atomic E-state index is 4.23. The molecule has 2 aliphatic heterocycles. The van der Waals surface area contributed by atoms with Crippen LogP contribution in [0.4, 0.5) is 5.69 Å². The Bertz CT molecular complexity index is 722. The van der Waals surface area contributed by atoms with E-state index in [1.807, 2.05) is 12.4 Å². The Kier molecular flexibility index (Phi) is 7.33. The number of likely N-dealkylation sites (tertiary alicyclic amines) is 1. The van der Waals surface area contributed by atoms with Crippen LogP contribution < -0.4 is 4.90 Å². The van der Waals surface area contributed by atoms with Gasteiger partial charge >= 0.3 is 0 Å². The third kappa shape index (κ3) is 4.68. The molecular formula is C23H33ClN4. The summed E-state index contributed by atoms with van der Waals surface area (Å²) < 4.78 is 0. The van der Waals surface area contributed by atoms with Gasteiger partial charge in [0.05, 0.1) is 0 Å². The van der Waals surface area contributed by atoms with Crippen LogP contribution in [0.25, 0.3) is 0 Å². The topological polar surface area (TPSA) is 22.6 Å². The van der Waals surface area contributed by atoms with Crippen LogP contribution in [0.3, 0.4) is 0 Å². The molecule has 0 N–H and O–H groups in total. The van der Waals surface area contributed by atoms with Gasteiger partial charge < -0.3 is 4.90 Å². The van der Waals surface area contributed by atoms with Crippen molar-refractivity contribution in [2.75, 3.05) is 44.2 Å². The molecule has 1 aromatic carbocycles. The molecule has 4 nitrogen and oxygen atoms in total. The van der Waals surface area contributed by atoms with Crippen molar-refractivity contribution >= 4 is 18.1 Å². The number of piperazine rings is 1. The first-order chi connectivity index (χ1) is 13.2. The minimum atomic E-state index is 0. The second kappa shape index (κ2) is 9.73. The highest BCUT2D eigenvalue weighted by atomic mass is 35.5. The molecule has 0 aliphatic carbocycles. The Labute approximate surface area is 176 Å². The number of halogens is 1. The Morgan fingerprint density at radius 1 is 0.929 bits per heavy atom. The summed E-state index contributed by atoms with van der Waals surface area (Å²) in [4.78, 5) is 12.1. The highest BCUT2D eigenvalue weighted by Gasteiger charge is 2.29. The molecule has 4 rings (SSSR count). The lowest BCUT2D eigenvalue weighted by molar-refractivity contribution is 0.0840. The van der Waals surface area contributed by atoms with Crippen LogP contribution >= 0.6 is 12.4 Å². The van der Waals surface area contributed by atoms with Crippen molar-refractivity contribution in [3.05, 3.63) is 59.9 Å². The predicted molar refractivity (Wildman–Crippen MR) is 119 cm³/mol. The smallest absolute Gasteiger partial charge is 0.0427 e. The van der Waals surface area contributed by atoms with E-state index in [1.165, 1.54) is 55.8 Å². The van der Waals surface area contributed by atoms with Crippen molar-refractivity contribution in [2.24, 2.45) is 0 Å². The lowest BCUT2D eigenvalue weighted by Gasteiger charge is -2.44. The quantitative estimate of drug-likeness (QED) is 0.768. The predicted octanol–water partition coefficient (Wildman–Crippen LogP) is 4.16. The standard InChI is InChI=1S/C23H32N4.ClH/c1-19-18-24-11-8-23(19)27-16-14-26(15-17-27)22-9-12-25(13-10-22)20(2)21-6-4-3-5-7-21;/h3-8,11,18,20,22H,9-10,12-17H2,1-2H3;1H. The van der Waals surface area contributed by atoms with Gasteiger partial charge in [-0.1, -0.05) is 30.3 Å². The van der Waals surface area contributed by atoms with Crippen LogP contribution in [0.15, 0.2) is 48.8 Å². The van der Waals surface area contributed by atoms with Gasteiger partial charge in [-0.3, -0.25) is 14.8 Å². The summed E-state index contributed by atoms with van der Waals surface area (Å²) in [5.41, 5.74) is 4.09. The van der Waals surface area contributed by atoms with Gasteiger partial charge in [0.1, 0.15) is 0 Å². The molecule has 2 fully saturated rings. The molecule has 2 saturated heterocycles. The van der Waals surface area contributed by atoms with E-state index in [0.29, 0.717) is 6.04 Å². The van der Waals surface area contributed by atoms with Gasteiger partial charge in [-0.2, -0.15) is 0 Å². The largest absolute Gasteiger partial charge is 0.369 e. The van der Waals surface area contributed by atoms with Crippen molar-refractivity contribution in [2.45, 2.75) is 38.8 Å². The van der Waals surface area contributed by atoms with Crippen LogP contribution in [0.1, 0.15) is 36.9 Å². The third-order valence-corrected chi connectivity index (χ3v) is 6.49. The first kappa shape index (κ1) is 21.1. The Morgan fingerprint density at radius 2 is 1.61 bits per heavy atom. The fraction of sp³-hybridized carbons (Fsp3) is 0.522. The van der Waals surface area contributed by atoms with Gasteiger partial charge in [0, 0.05) is 69.4 Å². The number of pyridine rings is 1. The molecule has 0 spiro atoms. The molecular weight excluding hydrogens is 368 g/mol. The summed E-state index contributed by atoms with van der Waals surface area (Å²) in [7, 11) is 0. The number of hydrogen-bond donors (Lipinski definition) is 0. The lowest BCUT2D eigenvalue weighted by Crippen LogP contribution is -2.53. The Balaban J connectivity index is 0.00000225. The fourth-order valence-corrected chi connectivity index (χ4v) is 4.73. The molecule has 3 heterocycles. The number of rotatable bonds is 4. The fourth-order valence-electron chi connectivity index (χ4n) is 4.73. The summed E-state index contributed by atoms with van der Waals surface area (Å²) in [6.07, 6.45) is 6.49. The van der Waals surface area contributed by atoms with Crippen molar-refractivity contribution in [3.8, 4) is 0 Å². The van der Waals surface area contributed by atoms with Gasteiger partial charge in [-0.15, -0.1) is 12.4 Å². The molecule has 0 bridgehead atoms. The maximum Gasteiger partial charge on any atom is 0.0427 e. The molecule has 5 heteroatoms. The average Bonchev–Trinajstić information content (AvgIpc) is 2.74. The van der Waals surface area contributed by atoms with Gasteiger partial charge in [-0.05, 0) is 43.9 Å². The van der Waals surface area contributed by atoms with Crippen molar-refractivity contribution < 1.29 is 0 Å². The van der Waals surface area contributed by atoms with Crippen molar-refractivity contribution in [1.29, 1.82) is 0 Å². The highest BCUT2D eigenvalue weighted by Crippen LogP contribution is 2.27. The zero-order valence-corrected chi connectivity index (χ0v) is 17.9. The van der Waals surface area contributed by atoms with Gasteiger partial charge in [0.25, 0.3) is 0 Å². The molecule has 1 aromatic heterocycles. The number of piperidine rings is 1. The first-order valence-electron chi connectivity index (χ1n) is 10.4. The first-order valence-corrected chi connectivity index (χ1v) is 10.4. The van der Waals surface area contributed by atoms with Gasteiger partial charge in [0.15, 0.2) is 0 Å². The zero-order chi connectivity index (χ0) is 18.6.